The zero-order chi connectivity index (χ0) is 19.9. The van der Waals surface area contributed by atoms with Gasteiger partial charge in [0.25, 0.3) is 5.69 Å². The number of nitro groups is 1. The van der Waals surface area contributed by atoms with Crippen LogP contribution in [0.25, 0.3) is 0 Å². The molecule has 0 aliphatic carbocycles. The van der Waals surface area contributed by atoms with Crippen LogP contribution >= 0.6 is 0 Å². The number of anilines is 1. The van der Waals surface area contributed by atoms with Crippen molar-refractivity contribution in [3.63, 3.8) is 0 Å². The molecule has 0 atom stereocenters. The Hall–Kier alpha value is -2.94. The van der Waals surface area contributed by atoms with E-state index in [0.29, 0.717) is 11.3 Å². The van der Waals surface area contributed by atoms with Crippen LogP contribution in [0.5, 0.6) is 5.75 Å². The SMILES string of the molecule is COc1cc([N+](=O)[O-])ccc1NC(=O)CCCS(=O)(=O)Cc1ccccc1. The topological polar surface area (TPSA) is 116 Å². The molecular weight excluding hydrogens is 372 g/mol. The van der Waals surface area contributed by atoms with E-state index in [1.807, 2.05) is 6.07 Å². The van der Waals surface area contributed by atoms with E-state index in [9.17, 15) is 23.3 Å². The molecule has 2 rings (SSSR count). The number of amides is 1. The number of carbonyl (C=O) groups excluding carboxylic acids is 1. The number of benzene rings is 2. The molecule has 0 radical (unpaired) electrons. The second-order valence-corrected chi connectivity index (χ2v) is 8.06. The van der Waals surface area contributed by atoms with E-state index in [0.717, 1.165) is 0 Å². The van der Waals surface area contributed by atoms with Crippen molar-refractivity contribution in [3.05, 3.63) is 64.2 Å². The zero-order valence-electron chi connectivity index (χ0n) is 14.8. The minimum absolute atomic E-state index is 0.00810. The van der Waals surface area contributed by atoms with Gasteiger partial charge in [-0.15, -0.1) is 0 Å². The van der Waals surface area contributed by atoms with E-state index in [1.54, 1.807) is 24.3 Å². The van der Waals surface area contributed by atoms with Gasteiger partial charge in [-0.3, -0.25) is 14.9 Å². The number of sulfone groups is 1. The Morgan fingerprint density at radius 1 is 1.19 bits per heavy atom. The normalized spacial score (nSPS) is 11.0. The molecule has 144 valence electrons. The number of non-ortho nitro benzene ring substituents is 1. The predicted molar refractivity (Wildman–Crippen MR) is 101 cm³/mol. The highest BCUT2D eigenvalue weighted by Crippen LogP contribution is 2.29. The van der Waals surface area contributed by atoms with Crippen LogP contribution in [0.15, 0.2) is 48.5 Å². The summed E-state index contributed by atoms with van der Waals surface area (Å²) in [5.74, 6) is -0.399. The fourth-order valence-electron chi connectivity index (χ4n) is 2.46. The molecule has 0 unspecified atom stereocenters. The Morgan fingerprint density at radius 2 is 1.89 bits per heavy atom. The highest BCUT2D eigenvalue weighted by Gasteiger charge is 2.15. The van der Waals surface area contributed by atoms with Crippen molar-refractivity contribution in [1.82, 2.24) is 0 Å². The van der Waals surface area contributed by atoms with Crippen LogP contribution < -0.4 is 10.1 Å². The highest BCUT2D eigenvalue weighted by atomic mass is 32.2. The molecule has 0 aliphatic rings. The van der Waals surface area contributed by atoms with Gasteiger partial charge < -0.3 is 10.1 Å². The van der Waals surface area contributed by atoms with Crippen LogP contribution in [-0.2, 0) is 20.4 Å². The van der Waals surface area contributed by atoms with Gasteiger partial charge in [-0.1, -0.05) is 30.3 Å². The van der Waals surface area contributed by atoms with Crippen LogP contribution in [-0.4, -0.2) is 32.1 Å². The number of nitro benzene ring substituents is 1. The van der Waals surface area contributed by atoms with Gasteiger partial charge in [0.15, 0.2) is 9.84 Å². The van der Waals surface area contributed by atoms with Gasteiger partial charge in [-0.25, -0.2) is 8.42 Å². The Bertz CT molecular complexity index is 913. The maximum atomic E-state index is 12.1. The molecule has 0 heterocycles. The van der Waals surface area contributed by atoms with Crippen LogP contribution in [0, 0.1) is 10.1 Å². The lowest BCUT2D eigenvalue weighted by Gasteiger charge is -2.10. The summed E-state index contributed by atoms with van der Waals surface area (Å²) in [6, 6.07) is 12.7. The molecule has 0 saturated heterocycles. The van der Waals surface area contributed by atoms with Crippen molar-refractivity contribution in [2.75, 3.05) is 18.2 Å². The first-order valence-corrected chi connectivity index (χ1v) is 9.99. The summed E-state index contributed by atoms with van der Waals surface area (Å²) in [7, 11) is -1.97. The van der Waals surface area contributed by atoms with Crippen molar-refractivity contribution in [3.8, 4) is 5.75 Å². The summed E-state index contributed by atoms with van der Waals surface area (Å²) < 4.78 is 29.3. The number of hydrogen-bond acceptors (Lipinski definition) is 6. The van der Waals surface area contributed by atoms with E-state index in [2.05, 4.69) is 5.32 Å². The molecule has 0 aliphatic heterocycles. The van der Waals surface area contributed by atoms with E-state index < -0.39 is 20.7 Å². The molecule has 27 heavy (non-hydrogen) atoms. The summed E-state index contributed by atoms with van der Waals surface area (Å²) in [6.07, 6.45) is 0.185. The average molecular weight is 392 g/mol. The number of nitrogens with one attached hydrogen (secondary N) is 1. The molecule has 1 amide bonds. The molecule has 0 aromatic heterocycles. The number of hydrogen-bond donors (Lipinski definition) is 1. The number of nitrogens with zero attached hydrogens (tertiary/aromatic N) is 1. The first kappa shape index (κ1) is 20.4. The lowest BCUT2D eigenvalue weighted by Crippen LogP contribution is -2.15. The molecule has 2 aromatic carbocycles. The van der Waals surface area contributed by atoms with Gasteiger partial charge >= 0.3 is 0 Å². The van der Waals surface area contributed by atoms with E-state index in [4.69, 9.17) is 4.74 Å². The lowest BCUT2D eigenvalue weighted by molar-refractivity contribution is -0.384. The molecule has 0 spiro atoms. The minimum atomic E-state index is -3.31. The van der Waals surface area contributed by atoms with Crippen molar-refractivity contribution in [2.24, 2.45) is 0 Å². The van der Waals surface area contributed by atoms with Crippen molar-refractivity contribution in [2.45, 2.75) is 18.6 Å². The van der Waals surface area contributed by atoms with Crippen LogP contribution in [0.4, 0.5) is 11.4 Å². The number of rotatable bonds is 9. The van der Waals surface area contributed by atoms with Crippen LogP contribution in [0.2, 0.25) is 0 Å². The Morgan fingerprint density at radius 3 is 2.52 bits per heavy atom. The first-order valence-electron chi connectivity index (χ1n) is 8.17. The van der Waals surface area contributed by atoms with E-state index in [-0.39, 0.29) is 35.8 Å². The molecule has 9 heteroatoms. The van der Waals surface area contributed by atoms with Gasteiger partial charge in [0.1, 0.15) is 5.75 Å². The quantitative estimate of drug-likeness (QED) is 0.518. The van der Waals surface area contributed by atoms with E-state index in [1.165, 1.54) is 25.3 Å². The number of carbonyl (C=O) groups is 1. The third-order valence-corrected chi connectivity index (χ3v) is 5.44. The number of ether oxygens (including phenoxy) is 1. The fraction of sp³-hybridized carbons (Fsp3) is 0.278. The van der Waals surface area contributed by atoms with Crippen molar-refractivity contribution >= 4 is 27.1 Å². The molecule has 8 nitrogen and oxygen atoms in total. The van der Waals surface area contributed by atoms with E-state index >= 15 is 0 Å². The standard InChI is InChI=1S/C18H20N2O6S/c1-26-17-12-15(20(22)23)9-10-16(17)19-18(21)8-5-11-27(24,25)13-14-6-3-2-4-7-14/h2-4,6-7,9-10,12H,5,8,11,13H2,1H3,(H,19,21). The summed E-state index contributed by atoms with van der Waals surface area (Å²) in [5, 5.41) is 13.4. The van der Waals surface area contributed by atoms with Gasteiger partial charge in [0, 0.05) is 12.5 Å². The lowest BCUT2D eigenvalue weighted by atomic mass is 10.2. The molecule has 2 aromatic rings. The predicted octanol–water partition coefficient (Wildman–Crippen LogP) is 2.94. The third-order valence-electron chi connectivity index (χ3n) is 3.76. The van der Waals surface area contributed by atoms with Gasteiger partial charge in [0.2, 0.25) is 5.91 Å². The van der Waals surface area contributed by atoms with Gasteiger partial charge in [-0.2, -0.15) is 0 Å². The largest absolute Gasteiger partial charge is 0.494 e. The minimum Gasteiger partial charge on any atom is -0.494 e. The Balaban J connectivity index is 1.88. The number of methoxy groups -OCH3 is 1. The van der Waals surface area contributed by atoms with Crippen molar-refractivity contribution < 1.29 is 22.9 Å². The Labute approximate surface area is 157 Å². The smallest absolute Gasteiger partial charge is 0.273 e. The summed E-state index contributed by atoms with van der Waals surface area (Å²) in [5.41, 5.74) is 0.842. The second-order valence-electron chi connectivity index (χ2n) is 5.87. The zero-order valence-corrected chi connectivity index (χ0v) is 15.6. The first-order chi connectivity index (χ1) is 12.8. The maximum absolute atomic E-state index is 12.1. The molecule has 0 bridgehead atoms. The molecule has 0 fully saturated rings. The molecular formula is C18H20N2O6S. The van der Waals surface area contributed by atoms with Crippen LogP contribution in [0.3, 0.4) is 0 Å². The summed E-state index contributed by atoms with van der Waals surface area (Å²) >= 11 is 0. The third kappa shape index (κ3) is 6.37. The van der Waals surface area contributed by atoms with Crippen molar-refractivity contribution in [1.29, 1.82) is 0 Å². The average Bonchev–Trinajstić information content (AvgIpc) is 2.62. The fourth-order valence-corrected chi connectivity index (χ4v) is 3.89. The van der Waals surface area contributed by atoms with Gasteiger partial charge in [0.05, 0.1) is 35.3 Å². The Kier molecular flexibility index (Phi) is 6.89. The molecule has 1 N–H and O–H groups in total. The van der Waals surface area contributed by atoms with Gasteiger partial charge in [-0.05, 0) is 18.1 Å². The highest BCUT2D eigenvalue weighted by molar-refractivity contribution is 7.90. The monoisotopic (exact) mass is 392 g/mol. The van der Waals surface area contributed by atoms with Crippen LogP contribution in [0.1, 0.15) is 18.4 Å². The maximum Gasteiger partial charge on any atom is 0.273 e. The second kappa shape index (κ2) is 9.13. The molecule has 0 saturated carbocycles. The summed E-state index contributed by atoms with van der Waals surface area (Å²) in [4.78, 5) is 22.3. The summed E-state index contributed by atoms with van der Waals surface area (Å²) in [6.45, 7) is 0.